The third-order valence-corrected chi connectivity index (χ3v) is 5.37. The van der Waals surface area contributed by atoms with Crippen LogP contribution in [0.1, 0.15) is 37.3 Å². The number of amides is 1. The minimum atomic E-state index is -0.173. The first-order chi connectivity index (χ1) is 10.6. The van der Waals surface area contributed by atoms with Crippen LogP contribution in [0.2, 0.25) is 0 Å². The van der Waals surface area contributed by atoms with Crippen molar-refractivity contribution in [3.05, 3.63) is 35.4 Å². The van der Waals surface area contributed by atoms with Gasteiger partial charge in [-0.25, -0.2) is 0 Å². The number of nitrogens with one attached hydrogen (secondary N) is 1. The van der Waals surface area contributed by atoms with Crippen molar-refractivity contribution in [2.75, 3.05) is 12.4 Å². The normalized spacial score (nSPS) is 24.0. The second-order valence-electron chi connectivity index (χ2n) is 6.13. The van der Waals surface area contributed by atoms with E-state index in [2.05, 4.69) is 11.4 Å². The van der Waals surface area contributed by atoms with E-state index in [-0.39, 0.29) is 24.0 Å². The highest BCUT2D eigenvalue weighted by Crippen LogP contribution is 2.37. The summed E-state index contributed by atoms with van der Waals surface area (Å²) in [5.41, 5.74) is 1.59. The molecule has 118 valence electrons. The lowest BCUT2D eigenvalue weighted by molar-refractivity contribution is -0.120. The Labute approximate surface area is 135 Å². The molecule has 2 unspecified atom stereocenters. The number of hydrogen-bond donors (Lipinski definition) is 2. The van der Waals surface area contributed by atoms with Gasteiger partial charge in [-0.05, 0) is 30.5 Å². The number of carbonyl (C=O) groups excluding carboxylic acids is 1. The van der Waals surface area contributed by atoms with Gasteiger partial charge in [0.05, 0.1) is 24.0 Å². The maximum Gasteiger partial charge on any atom is 0.230 e. The molecule has 2 N–H and O–H groups in total. The predicted molar refractivity (Wildman–Crippen MR) is 88.3 cm³/mol. The molecular weight excluding hydrogens is 296 g/mol. The van der Waals surface area contributed by atoms with Gasteiger partial charge in [-0.1, -0.05) is 25.5 Å². The first kappa shape index (κ1) is 16.9. The van der Waals surface area contributed by atoms with Crippen LogP contribution in [-0.2, 0) is 10.5 Å². The topological polar surface area (TPSA) is 73.1 Å². The highest BCUT2D eigenvalue weighted by Gasteiger charge is 2.38. The first-order valence-electron chi connectivity index (χ1n) is 7.54. The first-order valence-corrected chi connectivity index (χ1v) is 8.70. The fourth-order valence-electron chi connectivity index (χ4n) is 2.84. The summed E-state index contributed by atoms with van der Waals surface area (Å²) in [5.74, 6) is 1.20. The molecule has 1 saturated carbocycles. The lowest BCUT2D eigenvalue weighted by atomic mass is 9.86. The minimum absolute atomic E-state index is 0.0326. The molecule has 5 heteroatoms. The van der Waals surface area contributed by atoms with E-state index < -0.39 is 0 Å². The maximum atomic E-state index is 12.0. The highest BCUT2D eigenvalue weighted by atomic mass is 32.2. The average Bonchev–Trinajstić information content (AvgIpc) is 2.89. The molecule has 1 aliphatic carbocycles. The Bertz CT molecular complexity index is 553. The average molecular weight is 318 g/mol. The van der Waals surface area contributed by atoms with Crippen LogP contribution in [0, 0.1) is 16.7 Å². The van der Waals surface area contributed by atoms with E-state index in [0.717, 1.165) is 30.6 Å². The number of rotatable bonds is 6. The second kappa shape index (κ2) is 7.66. The van der Waals surface area contributed by atoms with Gasteiger partial charge in [-0.15, -0.1) is 11.8 Å². The standard InChI is InChI=1S/C17H22N2O2S/c1-17(12-20)8-2-3-15(17)19-16(21)11-22-10-14-6-4-13(9-18)5-7-14/h4-7,15,20H,2-3,8,10-12H2,1H3,(H,19,21). The number of thioether (sulfide) groups is 1. The van der Waals surface area contributed by atoms with Crippen LogP contribution in [0.3, 0.4) is 0 Å². The summed E-state index contributed by atoms with van der Waals surface area (Å²) in [4.78, 5) is 12.0. The molecule has 0 heterocycles. The smallest absolute Gasteiger partial charge is 0.230 e. The van der Waals surface area contributed by atoms with E-state index in [9.17, 15) is 9.90 Å². The van der Waals surface area contributed by atoms with Crippen molar-refractivity contribution in [1.29, 1.82) is 5.26 Å². The summed E-state index contributed by atoms with van der Waals surface area (Å²) >= 11 is 1.56. The summed E-state index contributed by atoms with van der Waals surface area (Å²) in [5, 5.41) is 21.3. The Morgan fingerprint density at radius 3 is 2.86 bits per heavy atom. The third-order valence-electron chi connectivity index (χ3n) is 4.36. The molecular formula is C17H22N2O2S. The SMILES string of the molecule is CC1(CO)CCCC1NC(=O)CSCc1ccc(C#N)cc1. The third kappa shape index (κ3) is 4.25. The molecule has 1 aromatic carbocycles. The molecule has 1 aliphatic rings. The number of hydrogen-bond acceptors (Lipinski definition) is 4. The van der Waals surface area contributed by atoms with Crippen molar-refractivity contribution < 1.29 is 9.90 Å². The molecule has 0 bridgehead atoms. The van der Waals surface area contributed by atoms with E-state index in [1.54, 1.807) is 23.9 Å². The molecule has 4 nitrogen and oxygen atoms in total. The zero-order valence-corrected chi connectivity index (χ0v) is 13.7. The van der Waals surface area contributed by atoms with Crippen LogP contribution in [0.4, 0.5) is 0 Å². The number of benzene rings is 1. The molecule has 0 radical (unpaired) electrons. The van der Waals surface area contributed by atoms with Gasteiger partial charge in [0, 0.05) is 17.2 Å². The maximum absolute atomic E-state index is 12.0. The van der Waals surface area contributed by atoms with Crippen molar-refractivity contribution in [3.8, 4) is 6.07 Å². The van der Waals surface area contributed by atoms with Crippen molar-refractivity contribution in [3.63, 3.8) is 0 Å². The van der Waals surface area contributed by atoms with Gasteiger partial charge in [-0.3, -0.25) is 4.79 Å². The summed E-state index contributed by atoms with van der Waals surface area (Å²) in [7, 11) is 0. The van der Waals surface area contributed by atoms with Gasteiger partial charge in [0.25, 0.3) is 0 Å². The second-order valence-corrected chi connectivity index (χ2v) is 7.11. The number of carbonyl (C=O) groups is 1. The van der Waals surface area contributed by atoms with E-state index in [1.165, 1.54) is 0 Å². The summed E-state index contributed by atoms with van der Waals surface area (Å²) < 4.78 is 0. The number of aliphatic hydroxyl groups excluding tert-OH is 1. The van der Waals surface area contributed by atoms with Crippen molar-refractivity contribution in [2.24, 2.45) is 5.41 Å². The van der Waals surface area contributed by atoms with Gasteiger partial charge >= 0.3 is 0 Å². The van der Waals surface area contributed by atoms with E-state index in [1.807, 2.05) is 19.1 Å². The molecule has 2 rings (SSSR count). The van der Waals surface area contributed by atoms with E-state index in [0.29, 0.717) is 11.3 Å². The Balaban J connectivity index is 1.75. The monoisotopic (exact) mass is 318 g/mol. The molecule has 22 heavy (non-hydrogen) atoms. The van der Waals surface area contributed by atoms with Crippen LogP contribution in [0.5, 0.6) is 0 Å². The lowest BCUT2D eigenvalue weighted by Crippen LogP contribution is -2.45. The van der Waals surface area contributed by atoms with Crippen LogP contribution in [0.15, 0.2) is 24.3 Å². The van der Waals surface area contributed by atoms with Gasteiger partial charge in [0.1, 0.15) is 0 Å². The minimum Gasteiger partial charge on any atom is -0.396 e. The summed E-state index contributed by atoms with van der Waals surface area (Å²) in [6.07, 6.45) is 2.97. The van der Waals surface area contributed by atoms with Crippen molar-refractivity contribution >= 4 is 17.7 Å². The lowest BCUT2D eigenvalue weighted by Gasteiger charge is -2.30. The van der Waals surface area contributed by atoms with Gasteiger partial charge in [0.15, 0.2) is 0 Å². The number of nitrogens with zero attached hydrogens (tertiary/aromatic N) is 1. The largest absolute Gasteiger partial charge is 0.396 e. The molecule has 1 aromatic rings. The fraction of sp³-hybridized carbons (Fsp3) is 0.529. The Morgan fingerprint density at radius 2 is 2.23 bits per heavy atom. The van der Waals surface area contributed by atoms with E-state index >= 15 is 0 Å². The zero-order chi connectivity index (χ0) is 16.0. The molecule has 2 atom stereocenters. The molecule has 0 aliphatic heterocycles. The van der Waals surface area contributed by atoms with Crippen molar-refractivity contribution in [2.45, 2.75) is 38.0 Å². The number of nitriles is 1. The fourth-order valence-corrected chi connectivity index (χ4v) is 3.64. The number of aliphatic hydroxyl groups is 1. The van der Waals surface area contributed by atoms with Crippen LogP contribution in [-0.4, -0.2) is 29.4 Å². The molecule has 0 spiro atoms. The summed E-state index contributed by atoms with van der Waals surface area (Å²) in [6, 6.07) is 9.60. The van der Waals surface area contributed by atoms with Crippen molar-refractivity contribution in [1.82, 2.24) is 5.32 Å². The quantitative estimate of drug-likeness (QED) is 0.845. The Kier molecular flexibility index (Phi) is 5.87. The molecule has 0 saturated heterocycles. The molecule has 1 fully saturated rings. The van der Waals surface area contributed by atoms with Crippen LogP contribution >= 0.6 is 11.8 Å². The zero-order valence-electron chi connectivity index (χ0n) is 12.8. The van der Waals surface area contributed by atoms with Gasteiger partial charge in [-0.2, -0.15) is 5.26 Å². The summed E-state index contributed by atoms with van der Waals surface area (Å²) in [6.45, 7) is 2.16. The van der Waals surface area contributed by atoms with E-state index in [4.69, 9.17) is 5.26 Å². The highest BCUT2D eigenvalue weighted by molar-refractivity contribution is 7.99. The van der Waals surface area contributed by atoms with Gasteiger partial charge < -0.3 is 10.4 Å². The van der Waals surface area contributed by atoms with Gasteiger partial charge in [0.2, 0.25) is 5.91 Å². The Morgan fingerprint density at radius 1 is 1.50 bits per heavy atom. The van der Waals surface area contributed by atoms with Crippen LogP contribution in [0.25, 0.3) is 0 Å². The molecule has 0 aromatic heterocycles. The molecule has 1 amide bonds. The van der Waals surface area contributed by atoms with Crippen LogP contribution < -0.4 is 5.32 Å². The predicted octanol–water partition coefficient (Wildman–Crippen LogP) is 2.46. The Hall–Kier alpha value is -1.51.